The summed E-state index contributed by atoms with van der Waals surface area (Å²) in [5.74, 6) is 0.269. The summed E-state index contributed by atoms with van der Waals surface area (Å²) in [6.45, 7) is 7.26. The first kappa shape index (κ1) is 15.6. The van der Waals surface area contributed by atoms with E-state index in [0.29, 0.717) is 24.7 Å². The van der Waals surface area contributed by atoms with Gasteiger partial charge in [-0.05, 0) is 24.6 Å². The van der Waals surface area contributed by atoms with Gasteiger partial charge in [-0.25, -0.2) is 4.79 Å². The number of methoxy groups -OCH3 is 1. The number of carbonyl (C=O) groups is 1. The lowest BCUT2D eigenvalue weighted by molar-refractivity contribution is 0.0600. The van der Waals surface area contributed by atoms with Crippen molar-refractivity contribution >= 4 is 5.97 Å². The highest BCUT2D eigenvalue weighted by molar-refractivity contribution is 5.88. The summed E-state index contributed by atoms with van der Waals surface area (Å²) in [5.41, 5.74) is 1.25. The Kier molecular flexibility index (Phi) is 7.07. The maximum absolute atomic E-state index is 11.2. The Bertz CT molecular complexity index is 377. The van der Waals surface area contributed by atoms with Gasteiger partial charge in [0.2, 0.25) is 0 Å². The van der Waals surface area contributed by atoms with Crippen LogP contribution in [-0.2, 0) is 16.1 Å². The molecule has 0 saturated heterocycles. The van der Waals surface area contributed by atoms with Crippen LogP contribution in [0.25, 0.3) is 0 Å². The maximum Gasteiger partial charge on any atom is 0.339 e. The van der Waals surface area contributed by atoms with E-state index in [0.717, 1.165) is 18.8 Å². The lowest BCUT2D eigenvalue weighted by Crippen LogP contribution is -2.23. The van der Waals surface area contributed by atoms with E-state index in [2.05, 4.69) is 28.9 Å². The Morgan fingerprint density at radius 3 is 2.79 bits per heavy atom. The summed E-state index contributed by atoms with van der Waals surface area (Å²) in [5, 5.41) is 3.30. The van der Waals surface area contributed by atoms with Gasteiger partial charge in [-0.15, -0.1) is 0 Å². The predicted molar refractivity (Wildman–Crippen MR) is 72.9 cm³/mol. The van der Waals surface area contributed by atoms with Gasteiger partial charge >= 0.3 is 5.97 Å². The van der Waals surface area contributed by atoms with Crippen LogP contribution in [0.4, 0.5) is 0 Å². The molecule has 106 valence electrons. The van der Waals surface area contributed by atoms with Crippen LogP contribution in [0.15, 0.2) is 18.3 Å². The molecule has 0 amide bonds. The molecule has 1 aromatic rings. The number of hydrogen-bond donors (Lipinski definition) is 1. The molecule has 5 nitrogen and oxygen atoms in total. The first-order valence-electron chi connectivity index (χ1n) is 6.45. The number of hydrogen-bond acceptors (Lipinski definition) is 5. The third-order valence-corrected chi connectivity index (χ3v) is 2.47. The van der Waals surface area contributed by atoms with Gasteiger partial charge in [0.1, 0.15) is 0 Å². The van der Waals surface area contributed by atoms with Crippen LogP contribution in [0, 0.1) is 5.92 Å². The molecule has 0 saturated carbocycles. The van der Waals surface area contributed by atoms with Crippen molar-refractivity contribution in [1.82, 2.24) is 10.3 Å². The average molecular weight is 266 g/mol. The van der Waals surface area contributed by atoms with Gasteiger partial charge in [-0.3, -0.25) is 4.98 Å². The second-order valence-electron chi connectivity index (χ2n) is 4.68. The number of carbonyl (C=O) groups excluding carboxylic acids is 1. The number of pyridine rings is 1. The number of nitrogens with zero attached hydrogens (tertiary/aromatic N) is 1. The van der Waals surface area contributed by atoms with E-state index in [4.69, 9.17) is 4.74 Å². The van der Waals surface area contributed by atoms with Gasteiger partial charge in [0, 0.05) is 12.7 Å². The van der Waals surface area contributed by atoms with Crippen LogP contribution < -0.4 is 5.32 Å². The van der Waals surface area contributed by atoms with Gasteiger partial charge in [-0.2, -0.15) is 0 Å². The zero-order valence-electron chi connectivity index (χ0n) is 11.8. The Morgan fingerprint density at radius 2 is 2.21 bits per heavy atom. The van der Waals surface area contributed by atoms with Gasteiger partial charge in [0.15, 0.2) is 0 Å². The van der Waals surface area contributed by atoms with Gasteiger partial charge < -0.3 is 14.8 Å². The summed E-state index contributed by atoms with van der Waals surface area (Å²) in [6, 6.07) is 3.46. The summed E-state index contributed by atoms with van der Waals surface area (Å²) in [6.07, 6.45) is 1.50. The molecule has 0 radical (unpaired) electrons. The quantitative estimate of drug-likeness (QED) is 0.572. The van der Waals surface area contributed by atoms with Crippen molar-refractivity contribution in [3.8, 4) is 0 Å². The molecular formula is C14H22N2O3. The van der Waals surface area contributed by atoms with Gasteiger partial charge in [-0.1, -0.05) is 13.8 Å². The molecule has 0 aliphatic heterocycles. The largest absolute Gasteiger partial charge is 0.465 e. The van der Waals surface area contributed by atoms with E-state index in [9.17, 15) is 4.79 Å². The standard InChI is InChI=1S/C14H22N2O3/c1-11(2)8-15-6-7-19-10-13-5-4-12(9-16-13)14(17)18-3/h4-5,9,11,15H,6-8,10H2,1-3H3. The van der Waals surface area contributed by atoms with Crippen molar-refractivity contribution in [2.24, 2.45) is 5.92 Å². The number of rotatable bonds is 8. The van der Waals surface area contributed by atoms with Crippen molar-refractivity contribution in [2.45, 2.75) is 20.5 Å². The number of ether oxygens (including phenoxy) is 2. The molecular weight excluding hydrogens is 244 g/mol. The molecule has 0 aromatic carbocycles. The first-order valence-corrected chi connectivity index (χ1v) is 6.45. The second kappa shape index (κ2) is 8.61. The highest BCUT2D eigenvalue weighted by Gasteiger charge is 2.05. The average Bonchev–Trinajstić information content (AvgIpc) is 2.42. The normalized spacial score (nSPS) is 10.7. The minimum atomic E-state index is -0.377. The maximum atomic E-state index is 11.2. The van der Waals surface area contributed by atoms with Gasteiger partial charge in [0.05, 0.1) is 31.6 Å². The molecule has 19 heavy (non-hydrogen) atoms. The zero-order chi connectivity index (χ0) is 14.1. The SMILES string of the molecule is COC(=O)c1ccc(COCCNCC(C)C)nc1. The summed E-state index contributed by atoms with van der Waals surface area (Å²) in [7, 11) is 1.35. The smallest absolute Gasteiger partial charge is 0.339 e. The molecule has 1 N–H and O–H groups in total. The van der Waals surface area contributed by atoms with E-state index >= 15 is 0 Å². The monoisotopic (exact) mass is 266 g/mol. The van der Waals surface area contributed by atoms with E-state index in [1.807, 2.05) is 0 Å². The zero-order valence-corrected chi connectivity index (χ0v) is 11.8. The molecule has 1 heterocycles. The van der Waals surface area contributed by atoms with Gasteiger partial charge in [0.25, 0.3) is 0 Å². The van der Waals surface area contributed by atoms with Crippen LogP contribution >= 0.6 is 0 Å². The number of aromatic nitrogens is 1. The van der Waals surface area contributed by atoms with Crippen LogP contribution in [0.3, 0.4) is 0 Å². The molecule has 0 bridgehead atoms. The third kappa shape index (κ3) is 6.31. The molecule has 1 rings (SSSR count). The molecule has 0 atom stereocenters. The third-order valence-electron chi connectivity index (χ3n) is 2.47. The Morgan fingerprint density at radius 1 is 1.42 bits per heavy atom. The van der Waals surface area contributed by atoms with Crippen LogP contribution in [0.1, 0.15) is 29.9 Å². The van der Waals surface area contributed by atoms with E-state index < -0.39 is 0 Å². The van der Waals surface area contributed by atoms with Crippen LogP contribution in [-0.4, -0.2) is 37.8 Å². The Balaban J connectivity index is 2.21. The first-order chi connectivity index (χ1) is 9.13. The number of nitrogens with one attached hydrogen (secondary N) is 1. The molecule has 1 aromatic heterocycles. The van der Waals surface area contributed by atoms with Crippen molar-refractivity contribution in [2.75, 3.05) is 26.8 Å². The Labute approximate surface area is 114 Å². The molecule has 5 heteroatoms. The minimum absolute atomic E-state index is 0.377. The highest BCUT2D eigenvalue weighted by Crippen LogP contribution is 2.03. The summed E-state index contributed by atoms with van der Waals surface area (Å²) >= 11 is 0. The summed E-state index contributed by atoms with van der Waals surface area (Å²) in [4.78, 5) is 15.4. The number of esters is 1. The fraction of sp³-hybridized carbons (Fsp3) is 0.571. The second-order valence-corrected chi connectivity index (χ2v) is 4.68. The molecule has 0 aliphatic rings. The fourth-order valence-electron chi connectivity index (χ4n) is 1.46. The van der Waals surface area contributed by atoms with Crippen molar-refractivity contribution in [1.29, 1.82) is 0 Å². The van der Waals surface area contributed by atoms with Crippen LogP contribution in [0.5, 0.6) is 0 Å². The molecule has 0 fully saturated rings. The van der Waals surface area contributed by atoms with Crippen molar-refractivity contribution in [3.05, 3.63) is 29.6 Å². The van der Waals surface area contributed by atoms with E-state index in [-0.39, 0.29) is 5.97 Å². The molecule has 0 unspecified atom stereocenters. The van der Waals surface area contributed by atoms with Crippen molar-refractivity contribution < 1.29 is 14.3 Å². The topological polar surface area (TPSA) is 60.5 Å². The fourth-order valence-corrected chi connectivity index (χ4v) is 1.46. The van der Waals surface area contributed by atoms with Crippen LogP contribution in [0.2, 0.25) is 0 Å². The van der Waals surface area contributed by atoms with E-state index in [1.165, 1.54) is 13.3 Å². The molecule has 0 spiro atoms. The van der Waals surface area contributed by atoms with Crippen molar-refractivity contribution in [3.63, 3.8) is 0 Å². The minimum Gasteiger partial charge on any atom is -0.465 e. The lowest BCUT2D eigenvalue weighted by atomic mass is 10.2. The predicted octanol–water partition coefficient (Wildman–Crippen LogP) is 1.63. The Hall–Kier alpha value is -1.46. The highest BCUT2D eigenvalue weighted by atomic mass is 16.5. The summed E-state index contributed by atoms with van der Waals surface area (Å²) < 4.78 is 10.1. The molecule has 0 aliphatic carbocycles. The van der Waals surface area contributed by atoms with E-state index in [1.54, 1.807) is 12.1 Å². The lowest BCUT2D eigenvalue weighted by Gasteiger charge is -2.08.